The lowest BCUT2D eigenvalue weighted by Gasteiger charge is -2.16. The van der Waals surface area contributed by atoms with E-state index >= 15 is 0 Å². The summed E-state index contributed by atoms with van der Waals surface area (Å²) in [6, 6.07) is 20.6. The minimum Gasteiger partial charge on any atom is -0.493 e. The normalized spacial score (nSPS) is 11.4. The molecule has 1 N–H and O–H groups in total. The molecule has 0 spiro atoms. The average molecular weight is 436 g/mol. The Kier molecular flexibility index (Phi) is 8.77. The number of hydrogen-bond acceptors (Lipinski definition) is 3. The second-order valence-electron chi connectivity index (χ2n) is 6.52. The summed E-state index contributed by atoms with van der Waals surface area (Å²) in [7, 11) is 1.61. The maximum atomic E-state index is 13.2. The van der Waals surface area contributed by atoms with Gasteiger partial charge in [-0.15, -0.1) is 12.4 Å². The summed E-state index contributed by atoms with van der Waals surface area (Å²) in [4.78, 5) is 0. The molecule has 3 nitrogen and oxygen atoms in total. The minimum atomic E-state index is -0.368. The Bertz CT molecular complexity index is 922. The van der Waals surface area contributed by atoms with Gasteiger partial charge in [-0.1, -0.05) is 54.1 Å². The van der Waals surface area contributed by atoms with Crippen LogP contribution in [0.1, 0.15) is 29.7 Å². The molecule has 1 atom stereocenters. The Hall–Kier alpha value is -2.27. The molecule has 3 aromatic carbocycles. The zero-order valence-electron chi connectivity index (χ0n) is 16.3. The number of benzene rings is 3. The third-order valence-electron chi connectivity index (χ3n) is 4.54. The number of rotatable bonds is 8. The molecule has 0 aliphatic rings. The molecular weight excluding hydrogens is 412 g/mol. The molecule has 3 aromatic rings. The molecule has 3 rings (SSSR count). The lowest BCUT2D eigenvalue weighted by Crippen LogP contribution is -2.18. The van der Waals surface area contributed by atoms with Crippen molar-refractivity contribution in [1.29, 1.82) is 0 Å². The monoisotopic (exact) mass is 435 g/mol. The molecule has 154 valence electrons. The first-order chi connectivity index (χ1) is 13.6. The van der Waals surface area contributed by atoms with Gasteiger partial charge in [0.05, 0.1) is 12.1 Å². The van der Waals surface area contributed by atoms with Gasteiger partial charge in [-0.25, -0.2) is 4.39 Å². The van der Waals surface area contributed by atoms with Gasteiger partial charge in [0.25, 0.3) is 0 Å². The van der Waals surface area contributed by atoms with E-state index in [9.17, 15) is 4.39 Å². The minimum absolute atomic E-state index is 0. The Morgan fingerprint density at radius 2 is 1.76 bits per heavy atom. The SMILES string of the molecule is COc1cc(CNC(C)c2ccccc2)ccc1OCc1ccc(F)cc1Cl.Cl. The van der Waals surface area contributed by atoms with Crippen LogP contribution in [0, 0.1) is 5.82 Å². The maximum Gasteiger partial charge on any atom is 0.161 e. The molecule has 0 heterocycles. The number of hydrogen-bond donors (Lipinski definition) is 1. The van der Waals surface area contributed by atoms with Crippen molar-refractivity contribution in [3.8, 4) is 11.5 Å². The smallest absolute Gasteiger partial charge is 0.161 e. The first kappa shape index (κ1) is 23.0. The van der Waals surface area contributed by atoms with Gasteiger partial charge in [0.1, 0.15) is 12.4 Å². The van der Waals surface area contributed by atoms with Crippen molar-refractivity contribution in [2.45, 2.75) is 26.1 Å². The number of methoxy groups -OCH3 is 1. The predicted octanol–water partition coefficient (Wildman–Crippen LogP) is 6.34. The zero-order valence-corrected chi connectivity index (χ0v) is 17.9. The van der Waals surface area contributed by atoms with E-state index in [2.05, 4.69) is 24.4 Å². The molecule has 1 unspecified atom stereocenters. The molecule has 29 heavy (non-hydrogen) atoms. The van der Waals surface area contributed by atoms with Crippen LogP contribution in [0.25, 0.3) is 0 Å². The average Bonchev–Trinajstić information content (AvgIpc) is 2.72. The van der Waals surface area contributed by atoms with E-state index < -0.39 is 0 Å². The molecule has 0 fully saturated rings. The highest BCUT2D eigenvalue weighted by molar-refractivity contribution is 6.31. The van der Waals surface area contributed by atoms with Crippen LogP contribution in [0.15, 0.2) is 66.7 Å². The van der Waals surface area contributed by atoms with Crippen LogP contribution in [-0.2, 0) is 13.2 Å². The second-order valence-corrected chi connectivity index (χ2v) is 6.93. The summed E-state index contributed by atoms with van der Waals surface area (Å²) >= 11 is 6.06. The van der Waals surface area contributed by atoms with Gasteiger partial charge in [-0.3, -0.25) is 0 Å². The van der Waals surface area contributed by atoms with E-state index in [1.165, 1.54) is 17.7 Å². The van der Waals surface area contributed by atoms with E-state index in [0.717, 1.165) is 5.56 Å². The summed E-state index contributed by atoms with van der Waals surface area (Å²) in [5.74, 6) is 0.889. The van der Waals surface area contributed by atoms with Gasteiger partial charge in [-0.05, 0) is 42.3 Å². The van der Waals surface area contributed by atoms with Crippen molar-refractivity contribution < 1.29 is 13.9 Å². The maximum absolute atomic E-state index is 13.2. The molecular formula is C23H24Cl2FNO2. The van der Waals surface area contributed by atoms with Crippen LogP contribution in [0.4, 0.5) is 4.39 Å². The van der Waals surface area contributed by atoms with Gasteiger partial charge >= 0.3 is 0 Å². The first-order valence-electron chi connectivity index (χ1n) is 9.09. The number of ether oxygens (including phenoxy) is 2. The van der Waals surface area contributed by atoms with Crippen LogP contribution >= 0.6 is 24.0 Å². The number of nitrogens with one attached hydrogen (secondary N) is 1. The molecule has 0 aliphatic carbocycles. The van der Waals surface area contributed by atoms with Crippen molar-refractivity contribution in [1.82, 2.24) is 5.32 Å². The van der Waals surface area contributed by atoms with Gasteiger partial charge in [0.15, 0.2) is 11.5 Å². The highest BCUT2D eigenvalue weighted by Gasteiger charge is 2.10. The Balaban J connectivity index is 0.00000300. The largest absolute Gasteiger partial charge is 0.493 e. The molecule has 0 aromatic heterocycles. The lowest BCUT2D eigenvalue weighted by molar-refractivity contribution is 0.284. The van der Waals surface area contributed by atoms with E-state index in [1.807, 2.05) is 36.4 Å². The van der Waals surface area contributed by atoms with Crippen molar-refractivity contribution in [3.05, 3.63) is 94.3 Å². The molecule has 0 bridgehead atoms. The van der Waals surface area contributed by atoms with E-state index in [-0.39, 0.29) is 30.9 Å². The van der Waals surface area contributed by atoms with Crippen molar-refractivity contribution in [2.24, 2.45) is 0 Å². The zero-order chi connectivity index (χ0) is 19.9. The van der Waals surface area contributed by atoms with Gasteiger partial charge < -0.3 is 14.8 Å². The van der Waals surface area contributed by atoms with Crippen molar-refractivity contribution in [2.75, 3.05) is 7.11 Å². The molecule has 0 saturated heterocycles. The first-order valence-corrected chi connectivity index (χ1v) is 9.46. The van der Waals surface area contributed by atoms with Crippen LogP contribution in [0.2, 0.25) is 5.02 Å². The highest BCUT2D eigenvalue weighted by Crippen LogP contribution is 2.30. The van der Waals surface area contributed by atoms with Crippen LogP contribution in [0.5, 0.6) is 11.5 Å². The van der Waals surface area contributed by atoms with Gasteiger partial charge in [-0.2, -0.15) is 0 Å². The van der Waals surface area contributed by atoms with Gasteiger partial charge in [0, 0.05) is 18.2 Å². The second kappa shape index (κ2) is 11.1. The van der Waals surface area contributed by atoms with Crippen molar-refractivity contribution >= 4 is 24.0 Å². The molecule has 0 amide bonds. The lowest BCUT2D eigenvalue weighted by atomic mass is 10.1. The third-order valence-corrected chi connectivity index (χ3v) is 4.89. The Morgan fingerprint density at radius 3 is 2.45 bits per heavy atom. The fourth-order valence-electron chi connectivity index (χ4n) is 2.87. The molecule has 6 heteroatoms. The van der Waals surface area contributed by atoms with Gasteiger partial charge in [0.2, 0.25) is 0 Å². The summed E-state index contributed by atoms with van der Waals surface area (Å²) in [6.07, 6.45) is 0. The topological polar surface area (TPSA) is 30.5 Å². The van der Waals surface area contributed by atoms with Crippen molar-refractivity contribution in [3.63, 3.8) is 0 Å². The van der Waals surface area contributed by atoms with Crippen LogP contribution < -0.4 is 14.8 Å². The Morgan fingerprint density at radius 1 is 1.00 bits per heavy atom. The van der Waals surface area contributed by atoms with E-state index in [4.69, 9.17) is 21.1 Å². The molecule has 0 aliphatic heterocycles. The summed E-state index contributed by atoms with van der Waals surface area (Å²) in [5.41, 5.74) is 3.05. The summed E-state index contributed by atoms with van der Waals surface area (Å²) in [5, 5.41) is 3.85. The fourth-order valence-corrected chi connectivity index (χ4v) is 3.09. The summed E-state index contributed by atoms with van der Waals surface area (Å²) < 4.78 is 24.5. The Labute approximate surface area is 182 Å². The molecule has 0 saturated carbocycles. The third kappa shape index (κ3) is 6.36. The fraction of sp³-hybridized carbons (Fsp3) is 0.217. The van der Waals surface area contributed by atoms with E-state index in [1.54, 1.807) is 13.2 Å². The standard InChI is InChI=1S/C23H23ClFNO2.ClH/c1-16(18-6-4-3-5-7-18)26-14-17-8-11-22(23(12-17)27-2)28-15-19-9-10-20(25)13-21(19)24;/h3-13,16,26H,14-15H2,1-2H3;1H. The quantitative estimate of drug-likeness (QED) is 0.447. The number of halogens is 3. The predicted molar refractivity (Wildman–Crippen MR) is 118 cm³/mol. The van der Waals surface area contributed by atoms with Crippen LogP contribution in [-0.4, -0.2) is 7.11 Å². The molecule has 0 radical (unpaired) electrons. The van der Waals surface area contributed by atoms with E-state index in [0.29, 0.717) is 28.6 Å². The van der Waals surface area contributed by atoms with Crippen LogP contribution in [0.3, 0.4) is 0 Å². The highest BCUT2D eigenvalue weighted by atomic mass is 35.5. The summed E-state index contributed by atoms with van der Waals surface area (Å²) in [6.45, 7) is 3.07.